The maximum absolute atomic E-state index is 12.9. The van der Waals surface area contributed by atoms with E-state index in [1.165, 1.54) is 10.1 Å². The lowest BCUT2D eigenvalue weighted by atomic mass is 10.1. The smallest absolute Gasteiger partial charge is 0.328 e. The summed E-state index contributed by atoms with van der Waals surface area (Å²) in [4.78, 5) is 38.8. The van der Waals surface area contributed by atoms with E-state index >= 15 is 0 Å². The number of hydrogen-bond acceptors (Lipinski definition) is 4. The van der Waals surface area contributed by atoms with Crippen molar-refractivity contribution in [1.29, 1.82) is 0 Å². The number of nitrogens with zero attached hydrogens (tertiary/aromatic N) is 4. The van der Waals surface area contributed by atoms with Gasteiger partial charge in [0, 0.05) is 18.7 Å². The lowest BCUT2D eigenvalue weighted by Gasteiger charge is -2.21. The van der Waals surface area contributed by atoms with E-state index in [0.29, 0.717) is 30.1 Å². The van der Waals surface area contributed by atoms with Gasteiger partial charge < -0.3 is 9.88 Å². The van der Waals surface area contributed by atoms with Crippen LogP contribution in [-0.2, 0) is 17.8 Å². The Kier molecular flexibility index (Phi) is 5.70. The number of amides is 1. The number of carbonyl (C=O) groups is 1. The van der Waals surface area contributed by atoms with Crippen LogP contribution in [0.5, 0.6) is 0 Å². The van der Waals surface area contributed by atoms with E-state index in [0.717, 1.165) is 12.0 Å². The molecule has 7 nitrogen and oxygen atoms in total. The maximum Gasteiger partial charge on any atom is 0.328 e. The third-order valence-electron chi connectivity index (χ3n) is 5.08. The molecule has 0 spiro atoms. The number of nitrogens with one attached hydrogen (secondary N) is 1. The van der Waals surface area contributed by atoms with Crippen LogP contribution in [0, 0.1) is 0 Å². The maximum atomic E-state index is 12.9. The van der Waals surface area contributed by atoms with E-state index in [1.54, 1.807) is 11.1 Å². The van der Waals surface area contributed by atoms with Crippen molar-refractivity contribution in [2.75, 3.05) is 13.1 Å². The quantitative estimate of drug-likeness (QED) is 0.516. The van der Waals surface area contributed by atoms with Crippen LogP contribution in [0.25, 0.3) is 22.6 Å². The van der Waals surface area contributed by atoms with Crippen molar-refractivity contribution in [2.24, 2.45) is 0 Å². The fourth-order valence-electron chi connectivity index (χ4n) is 3.42. The summed E-state index contributed by atoms with van der Waals surface area (Å²) in [6.45, 7) is 3.05. The van der Waals surface area contributed by atoms with Crippen LogP contribution in [0.3, 0.4) is 0 Å². The van der Waals surface area contributed by atoms with E-state index < -0.39 is 0 Å². The van der Waals surface area contributed by atoms with Gasteiger partial charge in [-0.05, 0) is 18.9 Å². The Balaban J connectivity index is 1.56. The van der Waals surface area contributed by atoms with Gasteiger partial charge in [0.15, 0.2) is 11.5 Å². The Morgan fingerprint density at radius 2 is 1.77 bits per heavy atom. The SMILES string of the molecule is CCN(CCc1ccccc1)C(=O)Cn1c(=O)[nH]c2cnc(-c3ccccc3)nc21. The molecule has 2 aromatic heterocycles. The monoisotopic (exact) mass is 401 g/mol. The highest BCUT2D eigenvalue weighted by molar-refractivity contribution is 5.79. The highest BCUT2D eigenvalue weighted by Gasteiger charge is 2.17. The highest BCUT2D eigenvalue weighted by atomic mass is 16.2. The molecular weight excluding hydrogens is 378 g/mol. The summed E-state index contributed by atoms with van der Waals surface area (Å²) in [7, 11) is 0. The second kappa shape index (κ2) is 8.73. The van der Waals surface area contributed by atoms with Crippen LogP contribution < -0.4 is 5.69 Å². The van der Waals surface area contributed by atoms with Gasteiger partial charge in [-0.1, -0.05) is 60.7 Å². The Morgan fingerprint density at radius 3 is 2.47 bits per heavy atom. The number of fused-ring (bicyclic) bond motifs is 1. The number of rotatable bonds is 7. The highest BCUT2D eigenvalue weighted by Crippen LogP contribution is 2.16. The fraction of sp³-hybridized carbons (Fsp3) is 0.217. The zero-order valence-corrected chi connectivity index (χ0v) is 16.8. The van der Waals surface area contributed by atoms with E-state index in [1.807, 2.05) is 67.6 Å². The van der Waals surface area contributed by atoms with Crippen molar-refractivity contribution < 1.29 is 4.79 Å². The van der Waals surface area contributed by atoms with Gasteiger partial charge in [0.2, 0.25) is 5.91 Å². The molecular formula is C23H23N5O2. The molecule has 152 valence electrons. The van der Waals surface area contributed by atoms with Crippen LogP contribution in [0.4, 0.5) is 0 Å². The van der Waals surface area contributed by atoms with Crippen molar-refractivity contribution in [3.05, 3.63) is 82.9 Å². The number of aromatic nitrogens is 4. The van der Waals surface area contributed by atoms with Gasteiger partial charge in [0.1, 0.15) is 12.1 Å². The average Bonchev–Trinajstić information content (AvgIpc) is 3.10. The van der Waals surface area contributed by atoms with E-state index in [2.05, 4.69) is 15.0 Å². The third kappa shape index (κ3) is 4.15. The summed E-state index contributed by atoms with van der Waals surface area (Å²) in [6.07, 6.45) is 2.35. The van der Waals surface area contributed by atoms with E-state index in [4.69, 9.17) is 0 Å². The largest absolute Gasteiger partial charge is 0.341 e. The zero-order valence-electron chi connectivity index (χ0n) is 16.8. The number of imidazole rings is 1. The molecule has 1 N–H and O–H groups in total. The molecule has 0 fully saturated rings. The second-order valence-corrected chi connectivity index (χ2v) is 7.02. The lowest BCUT2D eigenvalue weighted by Crippen LogP contribution is -2.37. The van der Waals surface area contributed by atoms with E-state index in [-0.39, 0.29) is 18.1 Å². The van der Waals surface area contributed by atoms with Gasteiger partial charge in [0.05, 0.1) is 6.20 Å². The number of benzene rings is 2. The number of likely N-dealkylation sites (N-methyl/N-ethyl adjacent to an activating group) is 1. The molecule has 4 rings (SSSR count). The minimum absolute atomic E-state index is 0.0628. The third-order valence-corrected chi connectivity index (χ3v) is 5.08. The molecule has 1 amide bonds. The first-order valence-electron chi connectivity index (χ1n) is 9.98. The molecule has 0 unspecified atom stereocenters. The van der Waals surface area contributed by atoms with Gasteiger partial charge in [0.25, 0.3) is 0 Å². The Labute approximate surface area is 174 Å². The van der Waals surface area contributed by atoms with Crippen LogP contribution in [0.1, 0.15) is 12.5 Å². The predicted molar refractivity (Wildman–Crippen MR) is 116 cm³/mol. The molecule has 0 bridgehead atoms. The summed E-state index contributed by atoms with van der Waals surface area (Å²) in [6, 6.07) is 19.6. The summed E-state index contributed by atoms with van der Waals surface area (Å²) in [5, 5.41) is 0. The zero-order chi connectivity index (χ0) is 20.9. The van der Waals surface area contributed by atoms with Gasteiger partial charge >= 0.3 is 5.69 Å². The molecule has 2 aromatic carbocycles. The molecule has 7 heteroatoms. The lowest BCUT2D eigenvalue weighted by molar-refractivity contribution is -0.131. The van der Waals surface area contributed by atoms with Gasteiger partial charge in [-0.2, -0.15) is 0 Å². The summed E-state index contributed by atoms with van der Waals surface area (Å²) in [5.41, 5.74) is 2.61. The van der Waals surface area contributed by atoms with Crippen LogP contribution in [-0.4, -0.2) is 43.4 Å². The van der Waals surface area contributed by atoms with E-state index in [9.17, 15) is 9.59 Å². The topological polar surface area (TPSA) is 83.9 Å². The van der Waals surface area contributed by atoms with Gasteiger partial charge in [-0.15, -0.1) is 0 Å². The molecule has 0 radical (unpaired) electrons. The Bertz CT molecular complexity index is 1200. The molecule has 30 heavy (non-hydrogen) atoms. The van der Waals surface area contributed by atoms with Crippen molar-refractivity contribution in [3.8, 4) is 11.4 Å². The van der Waals surface area contributed by atoms with Crippen LogP contribution in [0.2, 0.25) is 0 Å². The van der Waals surface area contributed by atoms with Crippen molar-refractivity contribution in [1.82, 2.24) is 24.4 Å². The summed E-state index contributed by atoms with van der Waals surface area (Å²) < 4.78 is 1.39. The second-order valence-electron chi connectivity index (χ2n) is 7.02. The molecule has 0 saturated heterocycles. The minimum atomic E-state index is -0.364. The molecule has 0 aliphatic heterocycles. The van der Waals surface area contributed by atoms with Crippen LogP contribution in [0.15, 0.2) is 71.7 Å². The number of H-pyrrole nitrogens is 1. The number of aromatic amines is 1. The molecule has 0 aliphatic rings. The minimum Gasteiger partial charge on any atom is -0.341 e. The number of hydrogen-bond donors (Lipinski definition) is 1. The van der Waals surface area contributed by atoms with Gasteiger partial charge in [-0.3, -0.25) is 9.36 Å². The first-order valence-corrected chi connectivity index (χ1v) is 9.98. The van der Waals surface area contributed by atoms with Gasteiger partial charge in [-0.25, -0.2) is 14.8 Å². The summed E-state index contributed by atoms with van der Waals surface area (Å²) in [5.74, 6) is 0.399. The molecule has 4 aromatic rings. The van der Waals surface area contributed by atoms with Crippen molar-refractivity contribution in [3.63, 3.8) is 0 Å². The predicted octanol–water partition coefficient (Wildman–Crippen LogP) is 2.88. The molecule has 0 aliphatic carbocycles. The van der Waals surface area contributed by atoms with Crippen molar-refractivity contribution >= 4 is 17.1 Å². The first-order chi connectivity index (χ1) is 14.7. The fourth-order valence-corrected chi connectivity index (χ4v) is 3.42. The first kappa shape index (κ1) is 19.6. The Hall–Kier alpha value is -3.74. The van der Waals surface area contributed by atoms with Crippen molar-refractivity contribution in [2.45, 2.75) is 19.9 Å². The average molecular weight is 401 g/mol. The van der Waals surface area contributed by atoms with Crippen LogP contribution >= 0.6 is 0 Å². The Morgan fingerprint density at radius 1 is 1.07 bits per heavy atom. The molecule has 0 saturated carbocycles. The summed E-state index contributed by atoms with van der Waals surface area (Å²) >= 11 is 0. The molecule has 0 atom stereocenters. The standard InChI is InChI=1S/C23H23N5O2/c1-2-27(14-13-17-9-5-3-6-10-17)20(29)16-28-22-19(25-23(28)30)15-24-21(26-22)18-11-7-4-8-12-18/h3-12,15H,2,13-14,16H2,1H3,(H,25,30). The normalized spacial score (nSPS) is 11.0. The number of carbonyl (C=O) groups excluding carboxylic acids is 1. The molecule has 2 heterocycles.